The van der Waals surface area contributed by atoms with Crippen LogP contribution in [-0.2, 0) is 0 Å². The van der Waals surface area contributed by atoms with Gasteiger partial charge in [-0.1, -0.05) is 56.1 Å². The van der Waals surface area contributed by atoms with E-state index in [-0.39, 0.29) is 0 Å². The van der Waals surface area contributed by atoms with Crippen molar-refractivity contribution in [2.24, 2.45) is 0 Å². The molecule has 0 fully saturated rings. The number of halogens is 2. The van der Waals surface area contributed by atoms with E-state index in [1.807, 2.05) is 12.1 Å². The van der Waals surface area contributed by atoms with Crippen LogP contribution in [0.5, 0.6) is 0 Å². The van der Waals surface area contributed by atoms with Crippen molar-refractivity contribution in [3.05, 3.63) is 61.9 Å². The lowest BCUT2D eigenvalue weighted by atomic mass is 10.1. The molecule has 1 aromatic heterocycles. The van der Waals surface area contributed by atoms with Crippen molar-refractivity contribution in [2.45, 2.75) is 13.8 Å². The van der Waals surface area contributed by atoms with E-state index in [0.717, 1.165) is 30.8 Å². The fraction of sp³-hybridized carbons (Fsp3) is 0.118. The molecule has 3 rings (SSSR count). The first kappa shape index (κ1) is 14.9. The minimum absolute atomic E-state index is 1.05. The lowest BCUT2D eigenvalue weighted by Crippen LogP contribution is -1.83. The Morgan fingerprint density at radius 3 is 2.52 bits per heavy atom. The van der Waals surface area contributed by atoms with E-state index < -0.39 is 0 Å². The molecule has 0 bridgehead atoms. The number of benzene rings is 2. The number of hydrogen-bond donors (Lipinski definition) is 0. The molecule has 106 valence electrons. The Morgan fingerprint density at radius 1 is 1.00 bits per heavy atom. The number of rotatable bonds is 2. The van der Waals surface area contributed by atoms with E-state index in [1.165, 1.54) is 10.4 Å². The molecular formula is C17H13Br2NS. The SMILES string of the molecule is Cc1ccc(-c2nc(-c3cccc(Br)c3)c(C)s2)c(Br)c1. The van der Waals surface area contributed by atoms with Crippen molar-refractivity contribution >= 4 is 43.2 Å². The molecule has 1 heterocycles. The monoisotopic (exact) mass is 421 g/mol. The Bertz CT molecular complexity index is 808. The van der Waals surface area contributed by atoms with Crippen LogP contribution in [0.1, 0.15) is 10.4 Å². The molecule has 0 N–H and O–H groups in total. The van der Waals surface area contributed by atoms with Gasteiger partial charge >= 0.3 is 0 Å². The maximum absolute atomic E-state index is 4.85. The van der Waals surface area contributed by atoms with Crippen molar-refractivity contribution in [2.75, 3.05) is 0 Å². The third-order valence-electron chi connectivity index (χ3n) is 3.25. The van der Waals surface area contributed by atoms with E-state index in [2.05, 4.69) is 76.0 Å². The third kappa shape index (κ3) is 3.12. The Labute approximate surface area is 145 Å². The van der Waals surface area contributed by atoms with Crippen LogP contribution in [0.15, 0.2) is 51.4 Å². The second-order valence-electron chi connectivity index (χ2n) is 4.92. The van der Waals surface area contributed by atoms with Crippen LogP contribution in [0.3, 0.4) is 0 Å². The molecule has 4 heteroatoms. The second-order valence-corrected chi connectivity index (χ2v) is 7.89. The van der Waals surface area contributed by atoms with Gasteiger partial charge in [-0.25, -0.2) is 4.98 Å². The molecule has 21 heavy (non-hydrogen) atoms. The van der Waals surface area contributed by atoms with Gasteiger partial charge in [-0.3, -0.25) is 0 Å². The van der Waals surface area contributed by atoms with Gasteiger partial charge in [-0.15, -0.1) is 11.3 Å². The minimum Gasteiger partial charge on any atom is -0.236 e. The molecule has 0 aliphatic carbocycles. The van der Waals surface area contributed by atoms with Gasteiger partial charge in [0.2, 0.25) is 0 Å². The van der Waals surface area contributed by atoms with E-state index >= 15 is 0 Å². The van der Waals surface area contributed by atoms with Gasteiger partial charge in [0.25, 0.3) is 0 Å². The summed E-state index contributed by atoms with van der Waals surface area (Å²) in [5.41, 5.74) is 4.59. The first-order valence-corrected chi connectivity index (χ1v) is 8.95. The largest absolute Gasteiger partial charge is 0.236 e. The van der Waals surface area contributed by atoms with E-state index in [9.17, 15) is 0 Å². The molecule has 0 unspecified atom stereocenters. The summed E-state index contributed by atoms with van der Waals surface area (Å²) >= 11 is 8.90. The van der Waals surface area contributed by atoms with Crippen LogP contribution in [0, 0.1) is 13.8 Å². The lowest BCUT2D eigenvalue weighted by Gasteiger charge is -2.02. The maximum Gasteiger partial charge on any atom is 0.125 e. The summed E-state index contributed by atoms with van der Waals surface area (Å²) in [4.78, 5) is 6.08. The van der Waals surface area contributed by atoms with Gasteiger partial charge in [-0.05, 0) is 37.6 Å². The fourth-order valence-corrected chi connectivity index (χ4v) is 4.40. The Morgan fingerprint density at radius 2 is 1.81 bits per heavy atom. The summed E-state index contributed by atoms with van der Waals surface area (Å²) in [5.74, 6) is 0. The van der Waals surface area contributed by atoms with Crippen LogP contribution in [0.2, 0.25) is 0 Å². The maximum atomic E-state index is 4.85. The topological polar surface area (TPSA) is 12.9 Å². The van der Waals surface area contributed by atoms with Crippen LogP contribution < -0.4 is 0 Å². The van der Waals surface area contributed by atoms with Gasteiger partial charge < -0.3 is 0 Å². The van der Waals surface area contributed by atoms with Crippen molar-refractivity contribution in [3.8, 4) is 21.8 Å². The predicted octanol–water partition coefficient (Wildman–Crippen LogP) is 6.62. The average molecular weight is 423 g/mol. The highest BCUT2D eigenvalue weighted by Gasteiger charge is 2.13. The third-order valence-corrected chi connectivity index (χ3v) is 5.40. The number of hydrogen-bond acceptors (Lipinski definition) is 2. The molecule has 2 aromatic carbocycles. The van der Waals surface area contributed by atoms with E-state index in [0.29, 0.717) is 0 Å². The Hall–Kier alpha value is -0.970. The highest BCUT2D eigenvalue weighted by molar-refractivity contribution is 9.10. The second kappa shape index (κ2) is 6.03. The quantitative estimate of drug-likeness (QED) is 0.452. The average Bonchev–Trinajstić information content (AvgIpc) is 2.80. The predicted molar refractivity (Wildman–Crippen MR) is 97.9 cm³/mol. The Kier molecular flexibility index (Phi) is 4.29. The van der Waals surface area contributed by atoms with Crippen LogP contribution in [-0.4, -0.2) is 4.98 Å². The van der Waals surface area contributed by atoms with Gasteiger partial charge in [0.1, 0.15) is 5.01 Å². The van der Waals surface area contributed by atoms with Gasteiger partial charge in [0.05, 0.1) is 5.69 Å². The van der Waals surface area contributed by atoms with E-state index in [1.54, 1.807) is 11.3 Å². The van der Waals surface area contributed by atoms with Gasteiger partial charge in [0, 0.05) is 24.9 Å². The molecule has 1 nitrogen and oxygen atoms in total. The van der Waals surface area contributed by atoms with Crippen LogP contribution in [0.25, 0.3) is 21.8 Å². The number of thiazole rings is 1. The summed E-state index contributed by atoms with van der Waals surface area (Å²) < 4.78 is 2.17. The first-order valence-electron chi connectivity index (χ1n) is 6.54. The molecule has 0 spiro atoms. The molecular weight excluding hydrogens is 410 g/mol. The lowest BCUT2D eigenvalue weighted by molar-refractivity contribution is 1.36. The molecule has 0 radical (unpaired) electrons. The van der Waals surface area contributed by atoms with Crippen LogP contribution >= 0.6 is 43.2 Å². The molecule has 0 amide bonds. The number of aryl methyl sites for hydroxylation is 2. The summed E-state index contributed by atoms with van der Waals surface area (Å²) in [6, 6.07) is 14.7. The molecule has 0 saturated heterocycles. The molecule has 0 atom stereocenters. The minimum atomic E-state index is 1.05. The molecule has 0 aliphatic rings. The number of aromatic nitrogens is 1. The Balaban J connectivity index is 2.09. The van der Waals surface area contributed by atoms with Crippen LogP contribution in [0.4, 0.5) is 0 Å². The summed E-state index contributed by atoms with van der Waals surface area (Å²) in [6.45, 7) is 4.22. The van der Waals surface area contributed by atoms with Crippen molar-refractivity contribution in [3.63, 3.8) is 0 Å². The summed E-state index contributed by atoms with van der Waals surface area (Å²) in [7, 11) is 0. The molecule has 0 saturated carbocycles. The normalized spacial score (nSPS) is 10.9. The smallest absolute Gasteiger partial charge is 0.125 e. The summed E-state index contributed by atoms with van der Waals surface area (Å²) in [5, 5.41) is 1.05. The van der Waals surface area contributed by atoms with Gasteiger partial charge in [0.15, 0.2) is 0 Å². The summed E-state index contributed by atoms with van der Waals surface area (Å²) in [6.07, 6.45) is 0. The number of nitrogens with zero attached hydrogens (tertiary/aromatic N) is 1. The van der Waals surface area contributed by atoms with Crippen molar-refractivity contribution in [1.29, 1.82) is 0 Å². The zero-order valence-corrected chi connectivity index (χ0v) is 15.6. The first-order chi connectivity index (χ1) is 10.0. The highest BCUT2D eigenvalue weighted by Crippen LogP contribution is 2.37. The van der Waals surface area contributed by atoms with Gasteiger partial charge in [-0.2, -0.15) is 0 Å². The van der Waals surface area contributed by atoms with E-state index in [4.69, 9.17) is 4.98 Å². The molecule has 3 aromatic rings. The van der Waals surface area contributed by atoms with Crippen molar-refractivity contribution < 1.29 is 0 Å². The molecule has 0 aliphatic heterocycles. The zero-order valence-electron chi connectivity index (χ0n) is 11.7. The highest BCUT2D eigenvalue weighted by atomic mass is 79.9. The fourth-order valence-electron chi connectivity index (χ4n) is 2.21. The standard InChI is InChI=1S/C17H13Br2NS/c1-10-6-7-14(15(19)8-10)17-20-16(11(2)21-17)12-4-3-5-13(18)9-12/h3-9H,1-2H3. The van der Waals surface area contributed by atoms with Crippen molar-refractivity contribution in [1.82, 2.24) is 4.98 Å². The zero-order chi connectivity index (χ0) is 15.0.